The molecule has 6 heteroatoms. The van der Waals surface area contributed by atoms with Gasteiger partial charge in [-0.1, -0.05) is 15.9 Å². The first-order valence-corrected chi connectivity index (χ1v) is 6.37. The summed E-state index contributed by atoms with van der Waals surface area (Å²) in [4.78, 5) is 0. The molecule has 0 unspecified atom stereocenters. The molecule has 0 saturated carbocycles. The van der Waals surface area contributed by atoms with Gasteiger partial charge in [-0.25, -0.2) is 4.39 Å². The normalized spacial score (nSPS) is 10.8. The molecule has 3 nitrogen and oxygen atoms in total. The molecule has 2 rings (SSSR count). The SMILES string of the molecule is Fc1ccc(Br)cc1-c1nnc(CCCCl)o1. The molecule has 0 spiro atoms. The van der Waals surface area contributed by atoms with E-state index >= 15 is 0 Å². The van der Waals surface area contributed by atoms with Crippen molar-refractivity contribution < 1.29 is 8.81 Å². The second kappa shape index (κ2) is 5.60. The maximum atomic E-state index is 13.5. The van der Waals surface area contributed by atoms with Crippen molar-refractivity contribution in [3.63, 3.8) is 0 Å². The Hall–Kier alpha value is -0.940. The molecule has 0 aliphatic rings. The summed E-state index contributed by atoms with van der Waals surface area (Å²) in [6.45, 7) is 0. The molecule has 1 aromatic carbocycles. The van der Waals surface area contributed by atoms with Crippen molar-refractivity contribution in [3.05, 3.63) is 34.4 Å². The van der Waals surface area contributed by atoms with E-state index in [1.165, 1.54) is 6.07 Å². The van der Waals surface area contributed by atoms with Crippen molar-refractivity contribution in [1.29, 1.82) is 0 Å². The van der Waals surface area contributed by atoms with E-state index in [4.69, 9.17) is 16.0 Å². The summed E-state index contributed by atoms with van der Waals surface area (Å²) in [5, 5.41) is 7.66. The van der Waals surface area contributed by atoms with Crippen LogP contribution in [0.4, 0.5) is 4.39 Å². The largest absolute Gasteiger partial charge is 0.421 e. The van der Waals surface area contributed by atoms with E-state index < -0.39 is 0 Å². The number of halogens is 3. The number of hydrogen-bond donors (Lipinski definition) is 0. The van der Waals surface area contributed by atoms with Crippen molar-refractivity contribution in [1.82, 2.24) is 10.2 Å². The standard InChI is InChI=1S/C11H9BrClFN2O/c12-7-3-4-9(14)8(6-7)11-16-15-10(17-11)2-1-5-13/h3-4,6H,1-2,5H2. The van der Waals surface area contributed by atoms with Gasteiger partial charge < -0.3 is 4.42 Å². The number of nitrogens with zero attached hydrogens (tertiary/aromatic N) is 2. The van der Waals surface area contributed by atoms with Gasteiger partial charge in [0.25, 0.3) is 5.89 Å². The average Bonchev–Trinajstić information content (AvgIpc) is 2.78. The molecule has 0 radical (unpaired) electrons. The zero-order chi connectivity index (χ0) is 12.3. The van der Waals surface area contributed by atoms with E-state index in [9.17, 15) is 4.39 Å². The third kappa shape index (κ3) is 3.04. The summed E-state index contributed by atoms with van der Waals surface area (Å²) >= 11 is 8.83. The summed E-state index contributed by atoms with van der Waals surface area (Å²) in [6, 6.07) is 4.57. The van der Waals surface area contributed by atoms with Gasteiger partial charge in [0.2, 0.25) is 5.89 Å². The lowest BCUT2D eigenvalue weighted by atomic mass is 10.2. The highest BCUT2D eigenvalue weighted by atomic mass is 79.9. The van der Waals surface area contributed by atoms with Crippen LogP contribution >= 0.6 is 27.5 Å². The summed E-state index contributed by atoms with van der Waals surface area (Å²) in [7, 11) is 0. The number of aromatic nitrogens is 2. The molecule has 1 heterocycles. The van der Waals surface area contributed by atoms with Gasteiger partial charge in [-0.3, -0.25) is 0 Å². The molecule has 0 aliphatic heterocycles. The Kier molecular flexibility index (Phi) is 4.12. The third-order valence-corrected chi connectivity index (χ3v) is 2.91. The molecule has 90 valence electrons. The fourth-order valence-corrected chi connectivity index (χ4v) is 1.84. The molecule has 17 heavy (non-hydrogen) atoms. The molecule has 2 aromatic rings. The van der Waals surface area contributed by atoms with Crippen LogP contribution in [0, 0.1) is 5.82 Å². The highest BCUT2D eigenvalue weighted by Gasteiger charge is 2.13. The Labute approximate surface area is 111 Å². The fraction of sp³-hybridized carbons (Fsp3) is 0.273. The topological polar surface area (TPSA) is 38.9 Å². The van der Waals surface area contributed by atoms with Gasteiger partial charge in [0.15, 0.2) is 0 Å². The number of alkyl halides is 1. The van der Waals surface area contributed by atoms with E-state index in [1.54, 1.807) is 12.1 Å². The number of aryl methyl sites for hydroxylation is 1. The van der Waals surface area contributed by atoms with Gasteiger partial charge >= 0.3 is 0 Å². The van der Waals surface area contributed by atoms with Gasteiger partial charge in [0, 0.05) is 16.8 Å². The third-order valence-electron chi connectivity index (χ3n) is 2.15. The Morgan fingerprint density at radius 1 is 1.35 bits per heavy atom. The van der Waals surface area contributed by atoms with Crippen LogP contribution in [0.5, 0.6) is 0 Å². The Bertz CT molecular complexity index is 518. The first-order valence-electron chi connectivity index (χ1n) is 5.04. The van der Waals surface area contributed by atoms with Crippen molar-refractivity contribution in [2.75, 3.05) is 5.88 Å². The van der Waals surface area contributed by atoms with E-state index in [0.29, 0.717) is 23.8 Å². The minimum Gasteiger partial charge on any atom is -0.421 e. The van der Waals surface area contributed by atoms with E-state index in [1.807, 2.05) is 0 Å². The first-order chi connectivity index (χ1) is 8.20. The fourth-order valence-electron chi connectivity index (χ4n) is 1.34. The minimum absolute atomic E-state index is 0.188. The minimum atomic E-state index is -0.388. The molecule has 0 N–H and O–H groups in total. The molecule has 0 atom stereocenters. The molecule has 0 fully saturated rings. The Balaban J connectivity index is 2.27. The monoisotopic (exact) mass is 318 g/mol. The second-order valence-electron chi connectivity index (χ2n) is 3.42. The lowest BCUT2D eigenvalue weighted by Gasteiger charge is -1.98. The summed E-state index contributed by atoms with van der Waals surface area (Å²) < 4.78 is 19.7. The highest BCUT2D eigenvalue weighted by Crippen LogP contribution is 2.25. The van der Waals surface area contributed by atoms with Crippen LogP contribution < -0.4 is 0 Å². The summed E-state index contributed by atoms with van der Waals surface area (Å²) in [6.07, 6.45) is 1.36. The summed E-state index contributed by atoms with van der Waals surface area (Å²) in [5.74, 6) is 0.803. The van der Waals surface area contributed by atoms with Crippen molar-refractivity contribution in [2.24, 2.45) is 0 Å². The maximum absolute atomic E-state index is 13.5. The number of benzene rings is 1. The van der Waals surface area contributed by atoms with Crippen LogP contribution in [0.1, 0.15) is 12.3 Å². The van der Waals surface area contributed by atoms with E-state index in [0.717, 1.165) is 10.9 Å². The van der Waals surface area contributed by atoms with Gasteiger partial charge in [-0.05, 0) is 24.6 Å². The van der Waals surface area contributed by atoms with Crippen LogP contribution in [0.15, 0.2) is 27.1 Å². The molecular weight excluding hydrogens is 310 g/mol. The predicted octanol–water partition coefficient (Wildman–Crippen LogP) is 3.81. The van der Waals surface area contributed by atoms with Crippen LogP contribution in [-0.2, 0) is 6.42 Å². The molecular formula is C11H9BrClFN2O. The van der Waals surface area contributed by atoms with Crippen molar-refractivity contribution in [2.45, 2.75) is 12.8 Å². The van der Waals surface area contributed by atoms with Crippen LogP contribution in [-0.4, -0.2) is 16.1 Å². The zero-order valence-electron chi connectivity index (χ0n) is 8.79. The van der Waals surface area contributed by atoms with Crippen molar-refractivity contribution in [3.8, 4) is 11.5 Å². The van der Waals surface area contributed by atoms with Crippen molar-refractivity contribution >= 4 is 27.5 Å². The average molecular weight is 320 g/mol. The van der Waals surface area contributed by atoms with Gasteiger partial charge in [0.05, 0.1) is 5.56 Å². The predicted molar refractivity (Wildman–Crippen MR) is 66.4 cm³/mol. The van der Waals surface area contributed by atoms with E-state index in [-0.39, 0.29) is 11.7 Å². The maximum Gasteiger partial charge on any atom is 0.250 e. The molecule has 0 saturated heterocycles. The molecule has 1 aromatic heterocycles. The molecule has 0 bridgehead atoms. The van der Waals surface area contributed by atoms with Crippen LogP contribution in [0.25, 0.3) is 11.5 Å². The van der Waals surface area contributed by atoms with Crippen LogP contribution in [0.2, 0.25) is 0 Å². The number of rotatable bonds is 4. The highest BCUT2D eigenvalue weighted by molar-refractivity contribution is 9.10. The Morgan fingerprint density at radius 2 is 2.18 bits per heavy atom. The zero-order valence-corrected chi connectivity index (χ0v) is 11.1. The lowest BCUT2D eigenvalue weighted by molar-refractivity contribution is 0.498. The molecule has 0 aliphatic carbocycles. The van der Waals surface area contributed by atoms with Gasteiger partial charge in [0.1, 0.15) is 5.82 Å². The smallest absolute Gasteiger partial charge is 0.250 e. The summed E-state index contributed by atoms with van der Waals surface area (Å²) in [5.41, 5.74) is 0.295. The number of hydrogen-bond acceptors (Lipinski definition) is 3. The molecule has 0 amide bonds. The Morgan fingerprint density at radius 3 is 2.94 bits per heavy atom. The second-order valence-corrected chi connectivity index (χ2v) is 4.71. The van der Waals surface area contributed by atoms with Gasteiger partial charge in [-0.2, -0.15) is 0 Å². The quantitative estimate of drug-likeness (QED) is 0.804. The van der Waals surface area contributed by atoms with Gasteiger partial charge in [-0.15, -0.1) is 21.8 Å². The lowest BCUT2D eigenvalue weighted by Crippen LogP contribution is -1.85. The van der Waals surface area contributed by atoms with E-state index in [2.05, 4.69) is 26.1 Å². The first kappa shape index (κ1) is 12.5. The van der Waals surface area contributed by atoms with Crippen LogP contribution in [0.3, 0.4) is 0 Å².